The van der Waals surface area contributed by atoms with Crippen LogP contribution in [0.3, 0.4) is 0 Å². The van der Waals surface area contributed by atoms with E-state index in [1.807, 2.05) is 0 Å². The van der Waals surface area contributed by atoms with Gasteiger partial charge in [0, 0.05) is 25.4 Å². The van der Waals surface area contributed by atoms with Gasteiger partial charge in [0.1, 0.15) is 0 Å². The average molecular weight is 721 g/mol. The number of rotatable bonds is 40. The maximum absolute atomic E-state index is 13.7. The van der Waals surface area contributed by atoms with Gasteiger partial charge in [0.05, 0.1) is 6.61 Å². The van der Waals surface area contributed by atoms with Crippen molar-refractivity contribution in [1.29, 1.82) is 0 Å². The number of carbonyl (C=O) groups is 2. The van der Waals surface area contributed by atoms with Gasteiger partial charge in [-0.05, 0) is 65.1 Å². The molecular formula is C46H92N2O3. The molecule has 304 valence electrons. The van der Waals surface area contributed by atoms with Crippen molar-refractivity contribution in [3.63, 3.8) is 0 Å². The van der Waals surface area contributed by atoms with Crippen molar-refractivity contribution in [3.05, 3.63) is 0 Å². The van der Waals surface area contributed by atoms with Gasteiger partial charge in [0.25, 0.3) is 0 Å². The van der Waals surface area contributed by atoms with Gasteiger partial charge in [0.2, 0.25) is 5.91 Å². The van der Waals surface area contributed by atoms with Gasteiger partial charge in [-0.1, -0.05) is 188 Å². The normalized spacial score (nSPS) is 12.8. The van der Waals surface area contributed by atoms with E-state index in [1.54, 1.807) is 0 Å². The van der Waals surface area contributed by atoms with Crippen LogP contribution in [0.5, 0.6) is 0 Å². The molecular weight excluding hydrogens is 629 g/mol. The summed E-state index contributed by atoms with van der Waals surface area (Å²) >= 11 is 0. The molecule has 51 heavy (non-hydrogen) atoms. The van der Waals surface area contributed by atoms with Gasteiger partial charge in [0.15, 0.2) is 0 Å². The Morgan fingerprint density at radius 1 is 0.451 bits per heavy atom. The van der Waals surface area contributed by atoms with Crippen LogP contribution in [0.15, 0.2) is 0 Å². The van der Waals surface area contributed by atoms with Gasteiger partial charge in [-0.15, -0.1) is 0 Å². The average Bonchev–Trinajstić information content (AvgIpc) is 3.11. The number of esters is 1. The summed E-state index contributed by atoms with van der Waals surface area (Å²) in [6, 6.07) is 0.392. The largest absolute Gasteiger partial charge is 0.466 e. The molecule has 0 spiro atoms. The molecule has 0 fully saturated rings. The first kappa shape index (κ1) is 49.9. The zero-order chi connectivity index (χ0) is 37.6. The van der Waals surface area contributed by atoms with Crippen molar-refractivity contribution < 1.29 is 14.3 Å². The molecule has 5 nitrogen and oxygen atoms in total. The van der Waals surface area contributed by atoms with Crippen LogP contribution in [-0.4, -0.2) is 61.5 Å². The highest BCUT2D eigenvalue weighted by Crippen LogP contribution is 2.23. The molecule has 2 atom stereocenters. The minimum Gasteiger partial charge on any atom is -0.466 e. The molecule has 0 aromatic heterocycles. The first-order valence-corrected chi connectivity index (χ1v) is 23.0. The predicted octanol–water partition coefficient (Wildman–Crippen LogP) is 13.9. The highest BCUT2D eigenvalue weighted by atomic mass is 16.5. The van der Waals surface area contributed by atoms with Crippen LogP contribution in [-0.2, 0) is 14.3 Å². The van der Waals surface area contributed by atoms with Crippen LogP contribution < -0.4 is 0 Å². The summed E-state index contributed by atoms with van der Waals surface area (Å²) in [7, 11) is 4.28. The highest BCUT2D eigenvalue weighted by Gasteiger charge is 2.23. The van der Waals surface area contributed by atoms with Crippen molar-refractivity contribution in [2.24, 2.45) is 5.92 Å². The molecule has 0 rings (SSSR count). The van der Waals surface area contributed by atoms with Crippen LogP contribution >= 0.6 is 0 Å². The van der Waals surface area contributed by atoms with Crippen molar-refractivity contribution in [2.45, 2.75) is 246 Å². The predicted molar refractivity (Wildman–Crippen MR) is 224 cm³/mol. The molecule has 0 heterocycles. The lowest BCUT2D eigenvalue weighted by Gasteiger charge is -2.33. The summed E-state index contributed by atoms with van der Waals surface area (Å²) in [5.41, 5.74) is 0. The molecule has 2 unspecified atom stereocenters. The van der Waals surface area contributed by atoms with Gasteiger partial charge in [-0.25, -0.2) is 0 Å². The molecule has 0 aromatic carbocycles. The second kappa shape index (κ2) is 38.6. The van der Waals surface area contributed by atoms with Gasteiger partial charge in [-0.3, -0.25) is 9.59 Å². The smallest absolute Gasteiger partial charge is 0.305 e. The third-order valence-corrected chi connectivity index (χ3v) is 11.0. The molecule has 1 amide bonds. The Bertz CT molecular complexity index is 742. The van der Waals surface area contributed by atoms with Crippen LogP contribution in [0.4, 0.5) is 0 Å². The molecule has 0 saturated heterocycles. The Balaban J connectivity index is 4.71. The van der Waals surface area contributed by atoms with Crippen molar-refractivity contribution >= 4 is 11.9 Å². The molecule has 0 radical (unpaired) electrons. The minimum atomic E-state index is 0.00316. The lowest BCUT2D eigenvalue weighted by Crippen LogP contribution is -2.41. The number of hydrogen-bond donors (Lipinski definition) is 0. The Morgan fingerprint density at radius 3 is 1.41 bits per heavy atom. The van der Waals surface area contributed by atoms with Crippen LogP contribution in [0.2, 0.25) is 0 Å². The van der Waals surface area contributed by atoms with E-state index in [0.717, 1.165) is 64.5 Å². The standard InChI is InChI=1S/C46H92N2O3/c1-7-11-15-18-20-23-28-35-44(48(41-32-40-47(5)6)45(49)37-30-25-19-16-12-8-2)36-29-24-21-22-26-31-38-46(50)51-42-39-43(33-14-10-4)34-27-17-13-9-3/h43-44H,7-42H2,1-6H3. The first-order valence-electron chi connectivity index (χ1n) is 23.0. The van der Waals surface area contributed by atoms with E-state index >= 15 is 0 Å². The zero-order valence-electron chi connectivity index (χ0n) is 35.7. The monoisotopic (exact) mass is 721 g/mol. The molecule has 0 N–H and O–H groups in total. The maximum atomic E-state index is 13.7. The number of hydrogen-bond acceptors (Lipinski definition) is 4. The van der Waals surface area contributed by atoms with E-state index in [0.29, 0.717) is 30.9 Å². The van der Waals surface area contributed by atoms with Crippen LogP contribution in [0.25, 0.3) is 0 Å². The Kier molecular flexibility index (Phi) is 37.8. The lowest BCUT2D eigenvalue weighted by atomic mass is 9.92. The van der Waals surface area contributed by atoms with Crippen molar-refractivity contribution in [1.82, 2.24) is 9.80 Å². The molecule has 0 aliphatic rings. The fourth-order valence-corrected chi connectivity index (χ4v) is 7.62. The number of amides is 1. The Hall–Kier alpha value is -1.10. The maximum Gasteiger partial charge on any atom is 0.305 e. The zero-order valence-corrected chi connectivity index (χ0v) is 35.7. The molecule has 0 aliphatic carbocycles. The van der Waals surface area contributed by atoms with E-state index in [-0.39, 0.29) is 5.97 Å². The summed E-state index contributed by atoms with van der Waals surface area (Å²) in [5.74, 6) is 1.13. The summed E-state index contributed by atoms with van der Waals surface area (Å²) in [6.07, 6.45) is 39.7. The number of unbranched alkanes of at least 4 members (excludes halogenated alkanes) is 20. The SMILES string of the molecule is CCCCCCCCCC(CCCCCCCCC(=O)OCCC(CCCC)CCCCCC)N(CCCN(C)C)C(=O)CCCCCCCC. The lowest BCUT2D eigenvalue weighted by molar-refractivity contribution is -0.144. The van der Waals surface area contributed by atoms with E-state index in [1.165, 1.54) is 154 Å². The Morgan fingerprint density at radius 2 is 0.882 bits per heavy atom. The van der Waals surface area contributed by atoms with Crippen molar-refractivity contribution in [3.8, 4) is 0 Å². The fraction of sp³-hybridized carbons (Fsp3) is 0.957. The molecule has 0 aromatic rings. The van der Waals surface area contributed by atoms with Gasteiger partial charge >= 0.3 is 5.97 Å². The summed E-state index contributed by atoms with van der Waals surface area (Å²) in [4.78, 5) is 30.7. The van der Waals surface area contributed by atoms with Crippen LogP contribution in [0.1, 0.15) is 240 Å². The van der Waals surface area contributed by atoms with E-state index < -0.39 is 0 Å². The van der Waals surface area contributed by atoms with Crippen molar-refractivity contribution in [2.75, 3.05) is 33.8 Å². The molecule has 0 aliphatic heterocycles. The Labute approximate surface area is 320 Å². The third kappa shape index (κ3) is 33.2. The number of carbonyl (C=O) groups excluding carboxylic acids is 2. The highest BCUT2D eigenvalue weighted by molar-refractivity contribution is 5.76. The number of nitrogens with zero attached hydrogens (tertiary/aromatic N) is 2. The molecule has 0 bridgehead atoms. The van der Waals surface area contributed by atoms with Crippen LogP contribution in [0, 0.1) is 5.92 Å². The second-order valence-electron chi connectivity index (χ2n) is 16.4. The quantitative estimate of drug-likeness (QED) is 0.0467. The summed E-state index contributed by atoms with van der Waals surface area (Å²) in [5, 5.41) is 0. The van der Waals surface area contributed by atoms with E-state index in [4.69, 9.17) is 4.74 Å². The fourth-order valence-electron chi connectivity index (χ4n) is 7.62. The summed E-state index contributed by atoms with van der Waals surface area (Å²) in [6.45, 7) is 11.6. The third-order valence-electron chi connectivity index (χ3n) is 11.0. The molecule has 0 saturated carbocycles. The summed E-state index contributed by atoms with van der Waals surface area (Å²) < 4.78 is 5.67. The van der Waals surface area contributed by atoms with E-state index in [2.05, 4.69) is 51.6 Å². The van der Waals surface area contributed by atoms with Gasteiger partial charge < -0.3 is 14.5 Å². The molecule has 5 heteroatoms. The number of ether oxygens (including phenoxy) is 1. The minimum absolute atomic E-state index is 0.00316. The topological polar surface area (TPSA) is 49.9 Å². The van der Waals surface area contributed by atoms with Gasteiger partial charge in [-0.2, -0.15) is 0 Å². The second-order valence-corrected chi connectivity index (χ2v) is 16.4. The first-order chi connectivity index (χ1) is 24.9. The van der Waals surface area contributed by atoms with E-state index in [9.17, 15) is 9.59 Å².